The van der Waals surface area contributed by atoms with Gasteiger partial charge in [-0.2, -0.15) is 5.26 Å². The van der Waals surface area contributed by atoms with E-state index in [0.717, 1.165) is 92.7 Å². The van der Waals surface area contributed by atoms with E-state index in [0.29, 0.717) is 45.2 Å². The number of hydrogen-bond donors (Lipinski definition) is 2. The smallest absolute Gasteiger partial charge is 0.262 e. The number of fused-ring (bicyclic) bond motifs is 2. The van der Waals surface area contributed by atoms with E-state index in [4.69, 9.17) is 11.6 Å². The predicted octanol–water partition coefficient (Wildman–Crippen LogP) is 6.08. The summed E-state index contributed by atoms with van der Waals surface area (Å²) in [5, 5.41) is 15.2. The molecule has 1 atom stereocenters. The van der Waals surface area contributed by atoms with Crippen molar-refractivity contribution in [3.63, 3.8) is 0 Å². The minimum absolute atomic E-state index is 0.0249. The first-order valence-corrected chi connectivity index (χ1v) is 19.9. The zero-order chi connectivity index (χ0) is 38.4. The first-order chi connectivity index (χ1) is 26.6. The largest absolute Gasteiger partial charge is 0.372 e. The topological polar surface area (TPSA) is 143 Å². The number of amides is 5. The monoisotopic (exact) mass is 760 g/mol. The van der Waals surface area contributed by atoms with Gasteiger partial charge in [0.1, 0.15) is 12.1 Å². The Kier molecular flexibility index (Phi) is 10.2. The number of nitrogens with one attached hydrogen (secondary N) is 2. The third kappa shape index (κ3) is 7.38. The zero-order valence-corrected chi connectivity index (χ0v) is 31.7. The summed E-state index contributed by atoms with van der Waals surface area (Å²) in [5.74, 6) is -0.897. The summed E-state index contributed by atoms with van der Waals surface area (Å²) in [6.45, 7) is 2.40. The Morgan fingerprint density at radius 2 is 1.53 bits per heavy atom. The minimum Gasteiger partial charge on any atom is -0.372 e. The van der Waals surface area contributed by atoms with Crippen LogP contribution >= 0.6 is 11.6 Å². The summed E-state index contributed by atoms with van der Waals surface area (Å²) in [4.78, 5) is 69.5. The highest BCUT2D eigenvalue weighted by Gasteiger charge is 2.45. The number of anilines is 1. The first-order valence-electron chi connectivity index (χ1n) is 19.5. The van der Waals surface area contributed by atoms with Crippen molar-refractivity contribution in [1.82, 2.24) is 20.4 Å². The molecule has 3 fully saturated rings. The minimum atomic E-state index is -0.956. The van der Waals surface area contributed by atoms with Crippen molar-refractivity contribution in [2.75, 3.05) is 18.5 Å². The van der Waals surface area contributed by atoms with Crippen LogP contribution in [0.5, 0.6) is 0 Å². The van der Waals surface area contributed by atoms with Gasteiger partial charge in [-0.15, -0.1) is 0 Å². The third-order valence-electron chi connectivity index (χ3n) is 12.6. The normalized spacial score (nSPS) is 25.3. The average molecular weight is 761 g/mol. The molecule has 3 heterocycles. The first kappa shape index (κ1) is 36.9. The number of carbonyl (C=O) groups excluding carboxylic acids is 5. The number of rotatable bonds is 8. The maximum absolute atomic E-state index is 13.3. The number of piperidine rings is 1. The van der Waals surface area contributed by atoms with Crippen LogP contribution in [0.3, 0.4) is 0 Å². The molecule has 3 aliphatic heterocycles. The van der Waals surface area contributed by atoms with Crippen LogP contribution in [-0.4, -0.2) is 71.1 Å². The van der Waals surface area contributed by atoms with Crippen LogP contribution in [0.1, 0.15) is 123 Å². The van der Waals surface area contributed by atoms with E-state index in [9.17, 15) is 29.2 Å². The molecule has 1 saturated heterocycles. The second-order valence-corrected chi connectivity index (χ2v) is 16.4. The Hall–Kier alpha value is -5.05. The molecule has 1 unspecified atom stereocenters. The van der Waals surface area contributed by atoms with Crippen molar-refractivity contribution < 1.29 is 24.0 Å². The second-order valence-electron chi connectivity index (χ2n) is 16.0. The lowest BCUT2D eigenvalue weighted by Crippen LogP contribution is -2.54. The lowest BCUT2D eigenvalue weighted by Gasteiger charge is -2.36. The van der Waals surface area contributed by atoms with Crippen molar-refractivity contribution >= 4 is 46.8 Å². The van der Waals surface area contributed by atoms with Gasteiger partial charge in [-0.1, -0.05) is 23.7 Å². The van der Waals surface area contributed by atoms with Gasteiger partial charge in [0.2, 0.25) is 11.8 Å². The van der Waals surface area contributed by atoms with Crippen LogP contribution < -0.4 is 15.5 Å². The molecule has 2 N–H and O–H groups in total. The molecule has 0 bridgehead atoms. The number of nitrogens with zero attached hydrogens (tertiary/aromatic N) is 4. The highest BCUT2D eigenvalue weighted by molar-refractivity contribution is 6.32. The SMILES string of the molecule is CN(c1ccc(C#N)c(Cl)c1)C1CCC(NC(=O)c2ccc(C3CCC(CN4Cc5cc6c(cc5C4)C(=O)N(C4CCC(=O)NC4=O)C6=O)CC3)cc2)CC1. The highest BCUT2D eigenvalue weighted by Crippen LogP contribution is 2.39. The molecule has 0 spiro atoms. The van der Waals surface area contributed by atoms with Crippen LogP contribution in [0.15, 0.2) is 54.6 Å². The van der Waals surface area contributed by atoms with Crippen LogP contribution in [0, 0.1) is 17.2 Å². The summed E-state index contributed by atoms with van der Waals surface area (Å²) >= 11 is 6.27. The van der Waals surface area contributed by atoms with Gasteiger partial charge in [-0.25, -0.2) is 0 Å². The molecule has 55 heavy (non-hydrogen) atoms. The average Bonchev–Trinajstić information content (AvgIpc) is 3.69. The Bertz CT molecular complexity index is 2050. The number of imide groups is 2. The molecule has 3 aromatic carbocycles. The standard InChI is InChI=1S/C43H45ClN6O5/c1-48(34-13-10-29(21-45)37(44)20-34)33-14-11-32(12-15-33)46-40(52)28-8-6-27(7-9-28)26-4-2-25(3-5-26)22-49-23-30-18-35-36(19-31(30)24-49)43(55)50(42(35)54)38-16-17-39(51)47-41(38)53/h6-10,13,18-20,25-26,32-33,38H,2-5,11-12,14-17,22-24H2,1H3,(H,46,52)(H,47,51,53). The lowest BCUT2D eigenvalue weighted by molar-refractivity contribution is -0.136. The van der Waals surface area contributed by atoms with E-state index >= 15 is 0 Å². The van der Waals surface area contributed by atoms with Gasteiger partial charge in [0, 0.05) is 56.4 Å². The van der Waals surface area contributed by atoms with E-state index in [-0.39, 0.29) is 30.7 Å². The summed E-state index contributed by atoms with van der Waals surface area (Å²) in [7, 11) is 2.06. The molecule has 8 rings (SSSR count). The number of hydrogen-bond acceptors (Lipinski definition) is 8. The Morgan fingerprint density at radius 3 is 2.13 bits per heavy atom. The number of benzene rings is 3. The van der Waals surface area contributed by atoms with E-state index in [1.807, 2.05) is 36.4 Å². The second kappa shape index (κ2) is 15.2. The maximum Gasteiger partial charge on any atom is 0.262 e. The molecule has 0 radical (unpaired) electrons. The molecule has 284 valence electrons. The van der Waals surface area contributed by atoms with E-state index in [1.54, 1.807) is 6.07 Å². The fourth-order valence-corrected chi connectivity index (χ4v) is 9.64. The Labute approximate surface area is 326 Å². The van der Waals surface area contributed by atoms with Gasteiger partial charge >= 0.3 is 0 Å². The number of carbonyl (C=O) groups is 5. The van der Waals surface area contributed by atoms with Crippen LogP contribution in [0.25, 0.3) is 0 Å². The van der Waals surface area contributed by atoms with Crippen molar-refractivity contribution in [1.29, 1.82) is 5.26 Å². The summed E-state index contributed by atoms with van der Waals surface area (Å²) in [6, 6.07) is 19.0. The van der Waals surface area contributed by atoms with Crippen LogP contribution in [-0.2, 0) is 22.7 Å². The van der Waals surface area contributed by atoms with Crippen molar-refractivity contribution in [3.8, 4) is 6.07 Å². The van der Waals surface area contributed by atoms with Crippen LogP contribution in [0.2, 0.25) is 5.02 Å². The Morgan fingerprint density at radius 1 is 0.873 bits per heavy atom. The predicted molar refractivity (Wildman–Crippen MR) is 206 cm³/mol. The van der Waals surface area contributed by atoms with Gasteiger partial charge in [0.05, 0.1) is 21.7 Å². The van der Waals surface area contributed by atoms with Crippen molar-refractivity contribution in [2.24, 2.45) is 5.92 Å². The lowest BCUT2D eigenvalue weighted by atomic mass is 9.78. The fourth-order valence-electron chi connectivity index (χ4n) is 9.42. The third-order valence-corrected chi connectivity index (χ3v) is 12.9. The molecule has 12 heteroatoms. The molecule has 2 aliphatic carbocycles. The van der Waals surface area contributed by atoms with Gasteiger partial charge in [0.25, 0.3) is 17.7 Å². The molecular weight excluding hydrogens is 716 g/mol. The zero-order valence-electron chi connectivity index (χ0n) is 31.0. The van der Waals surface area contributed by atoms with Crippen LogP contribution in [0.4, 0.5) is 5.69 Å². The van der Waals surface area contributed by atoms with Gasteiger partial charge in [-0.05, 0) is 129 Å². The van der Waals surface area contributed by atoms with Gasteiger partial charge < -0.3 is 10.2 Å². The number of nitriles is 1. The van der Waals surface area contributed by atoms with Gasteiger partial charge in [0.15, 0.2) is 0 Å². The quantitative estimate of drug-likeness (QED) is 0.263. The molecular formula is C43H45ClN6O5. The van der Waals surface area contributed by atoms with E-state index < -0.39 is 23.8 Å². The molecule has 5 aliphatic rings. The van der Waals surface area contributed by atoms with Crippen molar-refractivity contribution in [2.45, 2.75) is 101 Å². The highest BCUT2D eigenvalue weighted by atomic mass is 35.5. The summed E-state index contributed by atoms with van der Waals surface area (Å²) < 4.78 is 0. The molecule has 0 aromatic heterocycles. The molecule has 2 saturated carbocycles. The molecule has 5 amide bonds. The van der Waals surface area contributed by atoms with Gasteiger partial charge in [-0.3, -0.25) is 39.1 Å². The van der Waals surface area contributed by atoms with Crippen molar-refractivity contribution in [3.05, 3.63) is 98.6 Å². The van der Waals surface area contributed by atoms with E-state index in [1.165, 1.54) is 5.56 Å². The van der Waals surface area contributed by atoms with E-state index in [2.05, 4.69) is 45.7 Å². The molecule has 3 aromatic rings. The summed E-state index contributed by atoms with van der Waals surface area (Å²) in [6.07, 6.45) is 8.40. The fraction of sp³-hybridized carbons (Fsp3) is 0.442. The number of halogens is 1. The maximum atomic E-state index is 13.3. The molecule has 11 nitrogen and oxygen atoms in total. The summed E-state index contributed by atoms with van der Waals surface area (Å²) in [5.41, 5.74) is 6.23. The Balaban J connectivity index is 0.784.